The van der Waals surface area contributed by atoms with Crippen molar-refractivity contribution >= 4 is 23.5 Å². The van der Waals surface area contributed by atoms with Crippen LogP contribution in [-0.4, -0.2) is 53.6 Å². The summed E-state index contributed by atoms with van der Waals surface area (Å²) in [4.78, 5) is 23.8. The summed E-state index contributed by atoms with van der Waals surface area (Å²) < 4.78 is 4.75. The number of carbonyl (C=O) groups is 2. The lowest BCUT2D eigenvalue weighted by atomic mass is 10.1. The standard InChI is InChI=1S/C9H16ClNO4/c1-4-15-9(14)8(6(2)12)11(3)7(13)5-10/h6,8,12H,4-5H2,1-3H3/t6?,8-/m0/s1. The normalized spacial score (nSPS) is 14.2. The second-order valence-electron chi connectivity index (χ2n) is 3.08. The van der Waals surface area contributed by atoms with E-state index in [9.17, 15) is 14.7 Å². The molecule has 5 nitrogen and oxygen atoms in total. The first kappa shape index (κ1) is 14.2. The molecule has 0 aliphatic carbocycles. The average molecular weight is 238 g/mol. The third-order valence-corrected chi connectivity index (χ3v) is 2.14. The molecule has 0 rings (SSSR count). The van der Waals surface area contributed by atoms with Crippen molar-refractivity contribution < 1.29 is 19.4 Å². The molecule has 6 heteroatoms. The van der Waals surface area contributed by atoms with Crippen LogP contribution >= 0.6 is 11.6 Å². The van der Waals surface area contributed by atoms with Crippen molar-refractivity contribution in [3.8, 4) is 0 Å². The molecule has 0 bridgehead atoms. The van der Waals surface area contributed by atoms with Gasteiger partial charge in [0.25, 0.3) is 0 Å². The topological polar surface area (TPSA) is 66.8 Å². The largest absolute Gasteiger partial charge is 0.464 e. The van der Waals surface area contributed by atoms with Crippen molar-refractivity contribution in [2.24, 2.45) is 0 Å². The van der Waals surface area contributed by atoms with Gasteiger partial charge in [-0.25, -0.2) is 4.79 Å². The Bertz CT molecular complexity index is 232. The van der Waals surface area contributed by atoms with Gasteiger partial charge >= 0.3 is 5.97 Å². The van der Waals surface area contributed by atoms with E-state index >= 15 is 0 Å². The molecule has 0 spiro atoms. The molecule has 2 atom stereocenters. The number of carbonyl (C=O) groups excluding carboxylic acids is 2. The Morgan fingerprint density at radius 2 is 2.07 bits per heavy atom. The summed E-state index contributed by atoms with van der Waals surface area (Å²) >= 11 is 5.35. The number of alkyl halides is 1. The molecule has 0 heterocycles. The average Bonchev–Trinajstić information content (AvgIpc) is 2.16. The number of aliphatic hydroxyl groups is 1. The number of hydrogen-bond acceptors (Lipinski definition) is 4. The highest BCUT2D eigenvalue weighted by atomic mass is 35.5. The third-order valence-electron chi connectivity index (χ3n) is 1.91. The summed E-state index contributed by atoms with van der Waals surface area (Å²) in [5.74, 6) is -1.30. The maximum absolute atomic E-state index is 11.4. The number of amides is 1. The molecule has 0 aromatic rings. The highest BCUT2D eigenvalue weighted by Gasteiger charge is 2.31. The van der Waals surface area contributed by atoms with Crippen molar-refractivity contribution in [3.05, 3.63) is 0 Å². The first-order valence-electron chi connectivity index (χ1n) is 4.62. The van der Waals surface area contributed by atoms with E-state index in [4.69, 9.17) is 16.3 Å². The van der Waals surface area contributed by atoms with Crippen molar-refractivity contribution in [2.45, 2.75) is 26.0 Å². The van der Waals surface area contributed by atoms with Gasteiger partial charge in [-0.2, -0.15) is 0 Å². The molecule has 1 N–H and O–H groups in total. The summed E-state index contributed by atoms with van der Waals surface area (Å²) in [5.41, 5.74) is 0. The summed E-state index contributed by atoms with van der Waals surface area (Å²) in [6.07, 6.45) is -0.999. The lowest BCUT2D eigenvalue weighted by molar-refractivity contribution is -0.157. The molecule has 0 aliphatic heterocycles. The molecule has 0 fully saturated rings. The zero-order valence-electron chi connectivity index (χ0n) is 9.07. The van der Waals surface area contributed by atoms with E-state index < -0.39 is 24.0 Å². The zero-order chi connectivity index (χ0) is 12.0. The van der Waals surface area contributed by atoms with E-state index in [-0.39, 0.29) is 12.5 Å². The summed E-state index contributed by atoms with van der Waals surface area (Å²) in [6.45, 7) is 3.27. The zero-order valence-corrected chi connectivity index (χ0v) is 9.82. The van der Waals surface area contributed by atoms with Gasteiger partial charge in [0.2, 0.25) is 5.91 Å². The van der Waals surface area contributed by atoms with Crippen molar-refractivity contribution in [2.75, 3.05) is 19.5 Å². The number of ether oxygens (including phenoxy) is 1. The van der Waals surface area contributed by atoms with Crippen LogP contribution in [0.15, 0.2) is 0 Å². The predicted molar refractivity (Wildman–Crippen MR) is 55.6 cm³/mol. The Balaban J connectivity index is 4.65. The number of hydrogen-bond donors (Lipinski definition) is 1. The molecule has 1 amide bonds. The van der Waals surface area contributed by atoms with Crippen LogP contribution in [0.2, 0.25) is 0 Å². The van der Waals surface area contributed by atoms with E-state index in [2.05, 4.69) is 0 Å². The maximum Gasteiger partial charge on any atom is 0.331 e. The highest BCUT2D eigenvalue weighted by molar-refractivity contribution is 6.27. The molecule has 0 saturated carbocycles. The minimum atomic E-state index is -1.00. The molecular weight excluding hydrogens is 222 g/mol. The number of esters is 1. The number of likely N-dealkylation sites (N-methyl/N-ethyl adjacent to an activating group) is 1. The van der Waals surface area contributed by atoms with Crippen LogP contribution in [0.3, 0.4) is 0 Å². The molecule has 0 aromatic carbocycles. The van der Waals surface area contributed by atoms with Crippen LogP contribution in [0.5, 0.6) is 0 Å². The lowest BCUT2D eigenvalue weighted by Gasteiger charge is -2.27. The van der Waals surface area contributed by atoms with Crippen molar-refractivity contribution in [1.82, 2.24) is 4.90 Å². The summed E-state index contributed by atoms with van der Waals surface area (Å²) in [6, 6.07) is -1.00. The third kappa shape index (κ3) is 4.05. The van der Waals surface area contributed by atoms with Gasteiger partial charge in [0.1, 0.15) is 5.88 Å². The van der Waals surface area contributed by atoms with E-state index in [0.29, 0.717) is 0 Å². The molecule has 0 aliphatic rings. The van der Waals surface area contributed by atoms with Gasteiger partial charge in [0.15, 0.2) is 6.04 Å². The number of aliphatic hydroxyl groups excluding tert-OH is 1. The van der Waals surface area contributed by atoms with Crippen LogP contribution in [-0.2, 0) is 14.3 Å². The van der Waals surface area contributed by atoms with E-state index in [0.717, 1.165) is 4.90 Å². The Morgan fingerprint density at radius 1 is 1.53 bits per heavy atom. The van der Waals surface area contributed by atoms with Crippen molar-refractivity contribution in [3.63, 3.8) is 0 Å². The van der Waals surface area contributed by atoms with E-state index in [1.54, 1.807) is 6.92 Å². The molecule has 0 radical (unpaired) electrons. The van der Waals surface area contributed by atoms with Crippen LogP contribution in [0.25, 0.3) is 0 Å². The quantitative estimate of drug-likeness (QED) is 0.540. The van der Waals surface area contributed by atoms with Gasteiger partial charge in [-0.3, -0.25) is 4.79 Å². The van der Waals surface area contributed by atoms with Crippen LogP contribution in [0.4, 0.5) is 0 Å². The SMILES string of the molecule is CCOC(=O)[C@H](C(C)O)N(C)C(=O)CCl. The Hall–Kier alpha value is -0.810. The van der Waals surface area contributed by atoms with Gasteiger partial charge in [0, 0.05) is 7.05 Å². The van der Waals surface area contributed by atoms with Gasteiger partial charge in [-0.1, -0.05) is 0 Å². The van der Waals surface area contributed by atoms with Crippen LogP contribution in [0.1, 0.15) is 13.8 Å². The molecular formula is C9H16ClNO4. The highest BCUT2D eigenvalue weighted by Crippen LogP contribution is 2.06. The Labute approximate surface area is 94.0 Å². The number of halogens is 1. The Morgan fingerprint density at radius 3 is 2.40 bits per heavy atom. The molecule has 88 valence electrons. The number of nitrogens with zero attached hydrogens (tertiary/aromatic N) is 1. The first-order valence-corrected chi connectivity index (χ1v) is 5.15. The summed E-state index contributed by atoms with van der Waals surface area (Å²) in [7, 11) is 1.40. The van der Waals surface area contributed by atoms with Gasteiger partial charge < -0.3 is 14.7 Å². The van der Waals surface area contributed by atoms with Crippen LogP contribution in [0, 0.1) is 0 Å². The molecule has 0 saturated heterocycles. The lowest BCUT2D eigenvalue weighted by Crippen LogP contribution is -2.50. The smallest absolute Gasteiger partial charge is 0.331 e. The monoisotopic (exact) mass is 237 g/mol. The predicted octanol–water partition coefficient (Wildman–Crippen LogP) is -0.00390. The molecule has 15 heavy (non-hydrogen) atoms. The first-order chi connectivity index (χ1) is 6.95. The van der Waals surface area contributed by atoms with Gasteiger partial charge in [-0.15, -0.1) is 11.6 Å². The maximum atomic E-state index is 11.4. The van der Waals surface area contributed by atoms with E-state index in [1.807, 2.05) is 0 Å². The second-order valence-corrected chi connectivity index (χ2v) is 3.34. The van der Waals surface area contributed by atoms with E-state index in [1.165, 1.54) is 14.0 Å². The van der Waals surface area contributed by atoms with Gasteiger partial charge in [0.05, 0.1) is 12.7 Å². The van der Waals surface area contributed by atoms with Crippen LogP contribution < -0.4 is 0 Å². The molecule has 1 unspecified atom stereocenters. The molecule has 0 aromatic heterocycles. The number of rotatable bonds is 5. The van der Waals surface area contributed by atoms with Crippen molar-refractivity contribution in [1.29, 1.82) is 0 Å². The Kier molecular flexibility index (Phi) is 6.27. The fourth-order valence-electron chi connectivity index (χ4n) is 1.16. The van der Waals surface area contributed by atoms with Gasteiger partial charge in [-0.05, 0) is 13.8 Å². The minimum absolute atomic E-state index is 0.199. The second kappa shape index (κ2) is 6.63. The fourth-order valence-corrected chi connectivity index (χ4v) is 1.34. The summed E-state index contributed by atoms with van der Waals surface area (Å²) in [5, 5.41) is 9.39. The fraction of sp³-hybridized carbons (Fsp3) is 0.778. The minimum Gasteiger partial charge on any atom is -0.464 e.